The minimum atomic E-state index is -0.549. The Balaban J connectivity index is 0.000000131. The molecule has 0 N–H and O–H groups in total. The summed E-state index contributed by atoms with van der Waals surface area (Å²) in [6.07, 6.45) is 37.7. The summed E-state index contributed by atoms with van der Waals surface area (Å²) in [6, 6.07) is 0. The summed E-state index contributed by atoms with van der Waals surface area (Å²) < 4.78 is 36.4. The van der Waals surface area contributed by atoms with E-state index in [0.717, 1.165) is 91.3 Å². The third kappa shape index (κ3) is 15.8. The Morgan fingerprint density at radius 1 is 0.305 bits per heavy atom. The molecule has 12 heteroatoms. The van der Waals surface area contributed by atoms with Gasteiger partial charge in [0.1, 0.15) is 28.0 Å². The Morgan fingerprint density at radius 3 is 0.838 bits per heavy atom. The molecule has 20 saturated carbocycles. The fourth-order valence-electron chi connectivity index (χ4n) is 26.5. The zero-order chi connectivity index (χ0) is 77.0. The lowest BCUT2D eigenvalue weighted by molar-refractivity contribution is -0.250. The van der Waals surface area contributed by atoms with E-state index in [-0.39, 0.29) is 97.5 Å². The predicted molar refractivity (Wildman–Crippen MR) is 417 cm³/mol. The summed E-state index contributed by atoms with van der Waals surface area (Å²) in [5.74, 6) is 14.8. The van der Waals surface area contributed by atoms with E-state index in [1.807, 2.05) is 76.2 Å². The molecule has 20 aliphatic rings. The van der Waals surface area contributed by atoms with Crippen molar-refractivity contribution in [1.82, 2.24) is 0 Å². The monoisotopic (exact) mass is 1460 g/mol. The van der Waals surface area contributed by atoms with Crippen LogP contribution in [0, 0.1) is 157 Å². The lowest BCUT2D eigenvalue weighted by Crippen LogP contribution is -2.66. The Kier molecular flexibility index (Phi) is 24.0. The van der Waals surface area contributed by atoms with E-state index in [9.17, 15) is 28.8 Å². The van der Waals surface area contributed by atoms with Gasteiger partial charge in [0.25, 0.3) is 0 Å². The van der Waals surface area contributed by atoms with Crippen molar-refractivity contribution >= 4 is 35.8 Å². The SMILES string of the molecule is CCC(C)(C)C(=O)OC1(C(C)(C)C)C2CC3CC(C2)CC1C3.CCC(C)(C)C(=O)OC1(C(C)C)C2CC3CC(C2)CC1C3.CCC(C)(C)C(=O)OC1(C)C2CC3CC(C2)CC1C3.CCC(C)(C)C(=O)OC1(CC)C2CC3CC(C2)CC1C3.CCC(C)(C)C(=O)OCC(=O)OC1(C)C2CC3CC(C2)CC1C3. The maximum atomic E-state index is 12.9. The smallest absolute Gasteiger partial charge is 0.344 e. The summed E-state index contributed by atoms with van der Waals surface area (Å²) >= 11 is 0. The third-order valence-electron chi connectivity index (χ3n) is 34.4. The molecular formula is C93H154O12. The van der Waals surface area contributed by atoms with Crippen LogP contribution in [0.2, 0.25) is 0 Å². The lowest BCUT2D eigenvalue weighted by atomic mass is 9.45. The third-order valence-corrected chi connectivity index (χ3v) is 34.4. The number of hydrogen-bond acceptors (Lipinski definition) is 12. The van der Waals surface area contributed by atoms with Gasteiger partial charge in [0.05, 0.1) is 27.1 Å². The van der Waals surface area contributed by atoms with Gasteiger partial charge in [-0.1, -0.05) is 76.2 Å². The van der Waals surface area contributed by atoms with Gasteiger partial charge in [-0.2, -0.15) is 0 Å². The highest BCUT2D eigenvalue weighted by Gasteiger charge is 2.67. The van der Waals surface area contributed by atoms with Gasteiger partial charge in [-0.05, 0) is 395 Å². The summed E-state index contributed by atoms with van der Waals surface area (Å²) in [5, 5.41) is 0. The van der Waals surface area contributed by atoms with E-state index in [4.69, 9.17) is 28.4 Å². The van der Waals surface area contributed by atoms with Gasteiger partial charge in [-0.3, -0.25) is 24.0 Å². The van der Waals surface area contributed by atoms with Crippen molar-refractivity contribution in [2.45, 2.75) is 386 Å². The normalized spacial score (nSPS) is 41.5. The van der Waals surface area contributed by atoms with Gasteiger partial charge in [0, 0.05) is 17.3 Å². The number of carbonyl (C=O) groups is 6. The summed E-state index contributed by atoms with van der Waals surface area (Å²) in [4.78, 5) is 75.0. The number of hydrogen-bond donors (Lipinski definition) is 0. The minimum Gasteiger partial charge on any atom is -0.458 e. The molecule has 20 fully saturated rings. The average Bonchev–Trinajstić information content (AvgIpc) is 0.711. The first-order valence-electron chi connectivity index (χ1n) is 44.2. The van der Waals surface area contributed by atoms with Crippen molar-refractivity contribution in [2.75, 3.05) is 6.61 Å². The summed E-state index contributed by atoms with van der Waals surface area (Å²) in [7, 11) is 0. The highest BCUT2D eigenvalue weighted by Crippen LogP contribution is 2.67. The van der Waals surface area contributed by atoms with Crippen LogP contribution in [0.15, 0.2) is 0 Å². The highest BCUT2D eigenvalue weighted by molar-refractivity contribution is 5.80. The molecule has 20 rings (SSSR count). The maximum absolute atomic E-state index is 12.9. The predicted octanol–water partition coefficient (Wildman–Crippen LogP) is 22.5. The van der Waals surface area contributed by atoms with E-state index < -0.39 is 5.41 Å². The molecule has 105 heavy (non-hydrogen) atoms. The van der Waals surface area contributed by atoms with Gasteiger partial charge in [-0.15, -0.1) is 0 Å². The van der Waals surface area contributed by atoms with Crippen molar-refractivity contribution < 1.29 is 57.2 Å². The van der Waals surface area contributed by atoms with Crippen LogP contribution in [-0.4, -0.2) is 70.4 Å². The fraction of sp³-hybridized carbons (Fsp3) is 0.935. The summed E-state index contributed by atoms with van der Waals surface area (Å²) in [5.41, 5.74) is -2.97. The quantitative estimate of drug-likeness (QED) is 0.0892. The van der Waals surface area contributed by atoms with Gasteiger partial charge in [0.2, 0.25) is 0 Å². The molecule has 0 radical (unpaired) electrons. The second kappa shape index (κ2) is 30.4. The molecule has 0 aromatic heterocycles. The minimum absolute atomic E-state index is 0.0185. The maximum Gasteiger partial charge on any atom is 0.344 e. The molecule has 20 aliphatic carbocycles. The Morgan fingerprint density at radius 2 is 0.552 bits per heavy atom. The zero-order valence-electron chi connectivity index (χ0n) is 71.2. The van der Waals surface area contributed by atoms with Crippen LogP contribution in [0.1, 0.15) is 358 Å². The Labute approximate surface area is 639 Å². The van der Waals surface area contributed by atoms with Crippen LogP contribution in [0.3, 0.4) is 0 Å². The van der Waals surface area contributed by atoms with Gasteiger partial charge in [-0.25, -0.2) is 4.79 Å². The van der Waals surface area contributed by atoms with Crippen LogP contribution < -0.4 is 0 Å². The van der Waals surface area contributed by atoms with Crippen molar-refractivity contribution in [2.24, 2.45) is 157 Å². The van der Waals surface area contributed by atoms with Crippen LogP contribution in [-0.2, 0) is 57.2 Å². The fourth-order valence-corrected chi connectivity index (χ4v) is 26.5. The van der Waals surface area contributed by atoms with Gasteiger partial charge >= 0.3 is 35.8 Å². The number of ether oxygens (including phenoxy) is 6. The molecule has 0 spiro atoms. The molecule has 0 heterocycles. The lowest BCUT2D eigenvalue weighted by Gasteiger charge is -2.64. The molecule has 12 nitrogen and oxygen atoms in total. The van der Waals surface area contributed by atoms with Crippen LogP contribution >= 0.6 is 0 Å². The molecule has 0 amide bonds. The molecule has 598 valence electrons. The summed E-state index contributed by atoms with van der Waals surface area (Å²) in [6.45, 7) is 47.8. The first kappa shape index (κ1) is 82.8. The Bertz CT molecular complexity index is 2950. The molecule has 20 bridgehead atoms. The van der Waals surface area contributed by atoms with E-state index in [1.165, 1.54) is 161 Å². The number of rotatable bonds is 19. The van der Waals surface area contributed by atoms with E-state index >= 15 is 0 Å². The van der Waals surface area contributed by atoms with Crippen molar-refractivity contribution in [3.05, 3.63) is 0 Å². The Hall–Kier alpha value is -3.18. The van der Waals surface area contributed by atoms with Crippen molar-refractivity contribution in [3.8, 4) is 0 Å². The molecule has 0 unspecified atom stereocenters. The number of carbonyl (C=O) groups excluding carboxylic acids is 6. The van der Waals surface area contributed by atoms with Gasteiger partial charge < -0.3 is 28.4 Å². The molecule has 0 aromatic rings. The molecule has 0 aliphatic heterocycles. The zero-order valence-corrected chi connectivity index (χ0v) is 71.2. The second-order valence-corrected chi connectivity index (χ2v) is 44.0. The molecular weight excluding hydrogens is 1310 g/mol. The molecule has 0 saturated heterocycles. The average molecular weight is 1460 g/mol. The molecule has 0 atom stereocenters. The largest absolute Gasteiger partial charge is 0.458 e. The van der Waals surface area contributed by atoms with Crippen LogP contribution in [0.5, 0.6) is 0 Å². The topological polar surface area (TPSA) is 158 Å². The van der Waals surface area contributed by atoms with E-state index in [0.29, 0.717) is 71.5 Å². The van der Waals surface area contributed by atoms with Gasteiger partial charge in [0.15, 0.2) is 6.61 Å². The first-order chi connectivity index (χ1) is 48.9. The second-order valence-electron chi connectivity index (χ2n) is 44.0. The number of esters is 6. The van der Waals surface area contributed by atoms with Crippen LogP contribution in [0.4, 0.5) is 0 Å². The highest BCUT2D eigenvalue weighted by atomic mass is 16.6. The standard InChI is InChI=1S/C20H34O2.C19H30O4.C19H32O2.C18H30O2.C17H28O2/c1-7-19(5,6)17(21)22-20(18(2,3)4)15-9-13-8-14(11-15)12-16(20)10-13;1-5-18(2,3)17(21)22-11-16(20)23-19(4)14-7-12-6-13(9-14)10-15(19)8-12;1-6-18(4,5)17(20)21-19(12(2)3)15-8-13-7-14(10-15)11-16(19)9-13;1-5-17(3,4)16(19)20-18(6-2)14-8-12-7-13(10-14)11-15(18)9-12;1-5-16(2,3)15(18)19-17(4)13-7-11-6-12(9-13)10-14(17)8-11/h13-16H,7-12H2,1-6H3;12-15H,5-11H2,1-4H3;12-16H,6-11H2,1-5H3;12-15H,5-11H2,1-4H3;11-14H,5-10H2,1-4H3. The van der Waals surface area contributed by atoms with Crippen molar-refractivity contribution in [3.63, 3.8) is 0 Å². The van der Waals surface area contributed by atoms with E-state index in [2.05, 4.69) is 83.1 Å². The molecule has 0 aromatic carbocycles. The van der Waals surface area contributed by atoms with Crippen molar-refractivity contribution in [1.29, 1.82) is 0 Å². The van der Waals surface area contributed by atoms with Crippen LogP contribution in [0.25, 0.3) is 0 Å². The first-order valence-corrected chi connectivity index (χ1v) is 44.2. The van der Waals surface area contributed by atoms with E-state index in [1.54, 1.807) is 0 Å².